The largest absolute Gasteiger partial charge is 0.363 e. The monoisotopic (exact) mass is 430 g/mol. The molecule has 0 spiro atoms. The summed E-state index contributed by atoms with van der Waals surface area (Å²) in [5.41, 5.74) is 2.71. The van der Waals surface area contributed by atoms with Crippen LogP contribution in [0.15, 0.2) is 71.9 Å². The number of hydrogen-bond donors (Lipinski definition) is 0. The Morgan fingerprint density at radius 3 is 2.23 bits per heavy atom. The molecule has 31 heavy (non-hydrogen) atoms. The van der Waals surface area contributed by atoms with E-state index < -0.39 is 0 Å². The zero-order valence-electron chi connectivity index (χ0n) is 17.2. The molecule has 0 aliphatic carbocycles. The van der Waals surface area contributed by atoms with Crippen LogP contribution in [-0.4, -0.2) is 47.9 Å². The van der Waals surface area contributed by atoms with Crippen LogP contribution >= 0.6 is 11.3 Å². The minimum absolute atomic E-state index is 0.247. The summed E-state index contributed by atoms with van der Waals surface area (Å²) in [6.45, 7) is 4.77. The van der Waals surface area contributed by atoms with E-state index in [1.807, 2.05) is 66.9 Å². The molecule has 6 nitrogen and oxygen atoms in total. The number of thiophene rings is 1. The summed E-state index contributed by atoms with van der Waals surface area (Å²) in [4.78, 5) is 37.8. The molecule has 0 radical (unpaired) electrons. The summed E-state index contributed by atoms with van der Waals surface area (Å²) in [5.74, 6) is 0.437. The van der Waals surface area contributed by atoms with Crippen LogP contribution in [0.1, 0.15) is 10.4 Å². The zero-order valence-corrected chi connectivity index (χ0v) is 18.0. The number of anilines is 2. The number of piperazine rings is 1. The standard InChI is InChI=1S/C24H22N4O2S/c1-17-7-9-18(10-8-17)28-23(29)21(19-5-4-16-31-19)22(24(28)30)27-14-12-26(13-15-27)20-6-2-3-11-25-20/h2-11,16H,12-15H2,1H3. The van der Waals surface area contributed by atoms with E-state index in [4.69, 9.17) is 0 Å². The lowest BCUT2D eigenvalue weighted by Gasteiger charge is -2.37. The fourth-order valence-corrected chi connectivity index (χ4v) is 4.85. The van der Waals surface area contributed by atoms with E-state index in [1.54, 1.807) is 6.20 Å². The van der Waals surface area contributed by atoms with Crippen LogP contribution in [0.2, 0.25) is 0 Å². The van der Waals surface area contributed by atoms with Gasteiger partial charge in [0, 0.05) is 37.3 Å². The van der Waals surface area contributed by atoms with Gasteiger partial charge in [-0.15, -0.1) is 11.3 Å². The van der Waals surface area contributed by atoms with Crippen molar-refractivity contribution in [1.29, 1.82) is 0 Å². The van der Waals surface area contributed by atoms with E-state index in [2.05, 4.69) is 14.8 Å². The third-order valence-electron chi connectivity index (χ3n) is 5.69. The first-order valence-electron chi connectivity index (χ1n) is 10.3. The Kier molecular flexibility index (Phi) is 5.03. The molecule has 156 valence electrons. The first kappa shape index (κ1) is 19.5. The Labute approximate surface area is 185 Å². The second-order valence-corrected chi connectivity index (χ2v) is 8.59. The molecular formula is C24H22N4O2S. The molecule has 2 aromatic heterocycles. The van der Waals surface area contributed by atoms with Crippen LogP contribution in [0.4, 0.5) is 11.5 Å². The highest BCUT2D eigenvalue weighted by atomic mass is 32.1. The molecule has 0 atom stereocenters. The molecule has 1 fully saturated rings. The molecule has 0 bridgehead atoms. The molecule has 2 amide bonds. The van der Waals surface area contributed by atoms with Gasteiger partial charge in [-0.3, -0.25) is 9.59 Å². The number of amides is 2. The fraction of sp³-hybridized carbons (Fsp3) is 0.208. The van der Waals surface area contributed by atoms with Gasteiger partial charge in [-0.25, -0.2) is 9.88 Å². The summed E-state index contributed by atoms with van der Waals surface area (Å²) in [5, 5.41) is 1.94. The van der Waals surface area contributed by atoms with E-state index in [0.29, 0.717) is 30.0 Å². The van der Waals surface area contributed by atoms with Crippen molar-refractivity contribution in [1.82, 2.24) is 9.88 Å². The first-order valence-corrected chi connectivity index (χ1v) is 11.2. The van der Waals surface area contributed by atoms with Gasteiger partial charge in [0.2, 0.25) is 0 Å². The Morgan fingerprint density at radius 2 is 1.58 bits per heavy atom. The smallest absolute Gasteiger partial charge is 0.282 e. The van der Waals surface area contributed by atoms with Crippen molar-refractivity contribution in [2.75, 3.05) is 36.0 Å². The molecule has 7 heteroatoms. The molecule has 4 heterocycles. The summed E-state index contributed by atoms with van der Waals surface area (Å²) < 4.78 is 0. The molecule has 2 aliphatic rings. The maximum atomic E-state index is 13.5. The number of aromatic nitrogens is 1. The molecule has 2 aliphatic heterocycles. The molecule has 1 saturated heterocycles. The van der Waals surface area contributed by atoms with Gasteiger partial charge in [-0.05, 0) is 42.6 Å². The maximum Gasteiger partial charge on any atom is 0.282 e. The summed E-state index contributed by atoms with van der Waals surface area (Å²) in [6, 6.07) is 17.2. The van der Waals surface area contributed by atoms with Gasteiger partial charge in [0.25, 0.3) is 11.8 Å². The minimum atomic E-state index is -0.251. The lowest BCUT2D eigenvalue weighted by atomic mass is 10.1. The second-order valence-electron chi connectivity index (χ2n) is 7.64. The normalized spacial score (nSPS) is 17.1. The number of carbonyl (C=O) groups is 2. The van der Waals surface area contributed by atoms with Crippen molar-refractivity contribution < 1.29 is 9.59 Å². The topological polar surface area (TPSA) is 56.8 Å². The van der Waals surface area contributed by atoms with Crippen molar-refractivity contribution in [3.63, 3.8) is 0 Å². The van der Waals surface area contributed by atoms with Crippen LogP contribution in [0.5, 0.6) is 0 Å². The summed E-state index contributed by atoms with van der Waals surface area (Å²) in [6.07, 6.45) is 1.79. The molecule has 0 N–H and O–H groups in total. The molecule has 1 aromatic carbocycles. The number of carbonyl (C=O) groups excluding carboxylic acids is 2. The number of aryl methyl sites for hydroxylation is 1. The van der Waals surface area contributed by atoms with Crippen LogP contribution in [0.25, 0.3) is 5.57 Å². The molecule has 3 aromatic rings. The van der Waals surface area contributed by atoms with Gasteiger partial charge in [0.05, 0.1) is 11.3 Å². The van der Waals surface area contributed by atoms with Gasteiger partial charge < -0.3 is 9.80 Å². The van der Waals surface area contributed by atoms with Crippen molar-refractivity contribution in [2.24, 2.45) is 0 Å². The number of pyridine rings is 1. The van der Waals surface area contributed by atoms with Gasteiger partial charge in [-0.1, -0.05) is 29.8 Å². The Balaban J connectivity index is 1.47. The minimum Gasteiger partial charge on any atom is -0.363 e. The van der Waals surface area contributed by atoms with Crippen LogP contribution in [0, 0.1) is 6.92 Å². The Morgan fingerprint density at radius 1 is 0.839 bits per heavy atom. The average Bonchev–Trinajstić information content (AvgIpc) is 3.41. The van der Waals surface area contributed by atoms with E-state index in [1.165, 1.54) is 16.2 Å². The first-order chi connectivity index (χ1) is 15.1. The second kappa shape index (κ2) is 8.00. The molecule has 5 rings (SSSR count). The number of nitrogens with zero attached hydrogens (tertiary/aromatic N) is 4. The maximum absolute atomic E-state index is 13.5. The van der Waals surface area contributed by atoms with E-state index in [9.17, 15) is 9.59 Å². The van der Waals surface area contributed by atoms with Gasteiger partial charge in [0.15, 0.2) is 0 Å². The fourth-order valence-electron chi connectivity index (χ4n) is 4.08. The van der Waals surface area contributed by atoms with Crippen molar-refractivity contribution in [3.05, 3.63) is 82.3 Å². The third kappa shape index (κ3) is 3.51. The summed E-state index contributed by atoms with van der Waals surface area (Å²) in [7, 11) is 0. The van der Waals surface area contributed by atoms with E-state index >= 15 is 0 Å². The Bertz CT molecular complexity index is 1130. The number of rotatable bonds is 4. The van der Waals surface area contributed by atoms with Crippen LogP contribution in [-0.2, 0) is 9.59 Å². The van der Waals surface area contributed by atoms with Gasteiger partial charge >= 0.3 is 0 Å². The molecule has 0 saturated carbocycles. The third-order valence-corrected chi connectivity index (χ3v) is 6.58. The number of benzene rings is 1. The summed E-state index contributed by atoms with van der Waals surface area (Å²) >= 11 is 1.49. The van der Waals surface area contributed by atoms with Crippen molar-refractivity contribution >= 4 is 40.2 Å². The van der Waals surface area contributed by atoms with E-state index in [-0.39, 0.29) is 11.8 Å². The lowest BCUT2D eigenvalue weighted by molar-refractivity contribution is -0.120. The molecule has 0 unspecified atom stereocenters. The molecular weight excluding hydrogens is 408 g/mol. The Hall–Kier alpha value is -3.45. The number of imide groups is 1. The lowest BCUT2D eigenvalue weighted by Crippen LogP contribution is -2.48. The SMILES string of the molecule is Cc1ccc(N2C(=O)C(c3cccs3)=C(N3CCN(c4ccccn4)CC3)C2=O)cc1. The quantitative estimate of drug-likeness (QED) is 0.593. The zero-order chi connectivity index (χ0) is 21.4. The highest BCUT2D eigenvalue weighted by molar-refractivity contribution is 7.11. The van der Waals surface area contributed by atoms with Crippen LogP contribution in [0.3, 0.4) is 0 Å². The number of hydrogen-bond acceptors (Lipinski definition) is 6. The predicted molar refractivity (Wildman–Crippen MR) is 123 cm³/mol. The highest BCUT2D eigenvalue weighted by Crippen LogP contribution is 2.37. The van der Waals surface area contributed by atoms with Crippen molar-refractivity contribution in [2.45, 2.75) is 6.92 Å². The van der Waals surface area contributed by atoms with Crippen LogP contribution < -0.4 is 9.80 Å². The highest BCUT2D eigenvalue weighted by Gasteiger charge is 2.43. The van der Waals surface area contributed by atoms with Crippen molar-refractivity contribution in [3.8, 4) is 0 Å². The predicted octanol–water partition coefficient (Wildman–Crippen LogP) is 3.56. The average molecular weight is 431 g/mol. The van der Waals surface area contributed by atoms with Gasteiger partial charge in [-0.2, -0.15) is 0 Å². The van der Waals surface area contributed by atoms with Gasteiger partial charge in [0.1, 0.15) is 11.5 Å². The van der Waals surface area contributed by atoms with E-state index in [0.717, 1.165) is 29.3 Å².